The fraction of sp³-hybridized carbons (Fsp3) is 0.667. The number of likely N-dealkylation sites (N-methyl/N-ethyl adjacent to an activating group) is 1. The summed E-state index contributed by atoms with van der Waals surface area (Å²) in [7, 11) is 0. The third-order valence-corrected chi connectivity index (χ3v) is 4.00. The van der Waals surface area contributed by atoms with Crippen molar-refractivity contribution in [1.29, 1.82) is 0 Å². The highest BCUT2D eigenvalue weighted by molar-refractivity contribution is 5.12. The average molecular weight is 268 g/mol. The fourth-order valence-electron chi connectivity index (χ4n) is 2.91. The summed E-state index contributed by atoms with van der Waals surface area (Å²) in [5.41, 5.74) is 1.22. The first-order chi connectivity index (χ1) is 9.11. The van der Waals surface area contributed by atoms with E-state index in [4.69, 9.17) is 0 Å². The lowest BCUT2D eigenvalue weighted by Gasteiger charge is -2.34. The van der Waals surface area contributed by atoms with Crippen molar-refractivity contribution in [2.24, 2.45) is 5.92 Å². The molecule has 0 radical (unpaired) electrons. The Kier molecular flexibility index (Phi) is 4.86. The Bertz CT molecular complexity index is 371. The lowest BCUT2D eigenvalue weighted by Crippen LogP contribution is -2.41. The first-order valence-electron chi connectivity index (χ1n) is 7.11. The van der Waals surface area contributed by atoms with Crippen LogP contribution in [0.3, 0.4) is 0 Å². The normalized spacial score (nSPS) is 21.2. The summed E-state index contributed by atoms with van der Waals surface area (Å²) in [5, 5.41) is 3.46. The second-order valence-electron chi connectivity index (χ2n) is 5.42. The second kappa shape index (κ2) is 6.42. The van der Waals surface area contributed by atoms with E-state index in [0.717, 1.165) is 13.0 Å². The Balaban J connectivity index is 1.96. The number of alkyl halides is 2. The van der Waals surface area contributed by atoms with Crippen molar-refractivity contribution in [3.05, 3.63) is 30.1 Å². The zero-order valence-corrected chi connectivity index (χ0v) is 11.4. The summed E-state index contributed by atoms with van der Waals surface area (Å²) >= 11 is 0. The monoisotopic (exact) mass is 268 g/mol. The van der Waals surface area contributed by atoms with Gasteiger partial charge >= 0.3 is 0 Å². The largest absolute Gasteiger partial charge is 0.314 e. The molecule has 0 bridgehead atoms. The van der Waals surface area contributed by atoms with Crippen LogP contribution in [0.5, 0.6) is 0 Å². The Labute approximate surface area is 113 Å². The summed E-state index contributed by atoms with van der Waals surface area (Å²) in [6.07, 6.45) is 5.78. The molecule has 106 valence electrons. The predicted molar refractivity (Wildman–Crippen MR) is 72.3 cm³/mol. The molecule has 0 aromatic carbocycles. The standard InChI is InChI=1S/C15H22F2N2/c1-2-19-14(11-12-5-9-18-10-6-12)13-3-7-15(16,17)8-4-13/h5-6,9-10,13-14,19H,2-4,7-8,11H2,1H3. The van der Waals surface area contributed by atoms with Gasteiger partial charge in [0.15, 0.2) is 0 Å². The molecule has 0 saturated heterocycles. The van der Waals surface area contributed by atoms with E-state index >= 15 is 0 Å². The van der Waals surface area contributed by atoms with E-state index in [1.165, 1.54) is 5.56 Å². The molecular formula is C15H22F2N2. The highest BCUT2D eigenvalue weighted by Gasteiger charge is 2.37. The molecule has 2 rings (SSSR count). The van der Waals surface area contributed by atoms with Gasteiger partial charge in [0.25, 0.3) is 0 Å². The van der Waals surface area contributed by atoms with Gasteiger partial charge in [0.2, 0.25) is 5.92 Å². The molecule has 1 N–H and O–H groups in total. The maximum Gasteiger partial charge on any atom is 0.248 e. The van der Waals surface area contributed by atoms with Gasteiger partial charge in [-0.2, -0.15) is 0 Å². The minimum Gasteiger partial charge on any atom is -0.314 e. The second-order valence-corrected chi connectivity index (χ2v) is 5.42. The highest BCUT2D eigenvalue weighted by Crippen LogP contribution is 2.37. The Morgan fingerprint density at radius 3 is 2.53 bits per heavy atom. The molecular weight excluding hydrogens is 246 g/mol. The van der Waals surface area contributed by atoms with Crippen molar-refractivity contribution in [2.75, 3.05) is 6.54 Å². The Hall–Kier alpha value is -1.03. The summed E-state index contributed by atoms with van der Waals surface area (Å²) in [4.78, 5) is 4.01. The maximum absolute atomic E-state index is 13.2. The van der Waals surface area contributed by atoms with Crippen molar-refractivity contribution in [3.8, 4) is 0 Å². The lowest BCUT2D eigenvalue weighted by molar-refractivity contribution is -0.0494. The van der Waals surface area contributed by atoms with Gasteiger partial charge < -0.3 is 5.32 Å². The molecule has 1 saturated carbocycles. The lowest BCUT2D eigenvalue weighted by atomic mass is 9.80. The van der Waals surface area contributed by atoms with E-state index < -0.39 is 5.92 Å². The van der Waals surface area contributed by atoms with E-state index in [1.807, 2.05) is 12.1 Å². The van der Waals surface area contributed by atoms with Crippen LogP contribution in [0.15, 0.2) is 24.5 Å². The highest BCUT2D eigenvalue weighted by atomic mass is 19.3. The topological polar surface area (TPSA) is 24.9 Å². The number of nitrogens with zero attached hydrogens (tertiary/aromatic N) is 1. The SMILES string of the molecule is CCNC(Cc1ccncc1)C1CCC(F)(F)CC1. The van der Waals surface area contributed by atoms with Crippen molar-refractivity contribution in [2.45, 2.75) is 51.0 Å². The molecule has 1 fully saturated rings. The molecule has 2 nitrogen and oxygen atoms in total. The van der Waals surface area contributed by atoms with Crippen LogP contribution in [0.4, 0.5) is 8.78 Å². The minimum absolute atomic E-state index is 0.0376. The Morgan fingerprint density at radius 1 is 1.32 bits per heavy atom. The van der Waals surface area contributed by atoms with E-state index in [-0.39, 0.29) is 12.8 Å². The summed E-state index contributed by atoms with van der Waals surface area (Å²) in [5.74, 6) is -2.09. The molecule has 1 aromatic rings. The van der Waals surface area contributed by atoms with Gasteiger partial charge in [-0.1, -0.05) is 6.92 Å². The van der Waals surface area contributed by atoms with Crippen LogP contribution in [-0.4, -0.2) is 23.5 Å². The van der Waals surface area contributed by atoms with Crippen molar-refractivity contribution < 1.29 is 8.78 Å². The van der Waals surface area contributed by atoms with Gasteiger partial charge in [0.05, 0.1) is 0 Å². The van der Waals surface area contributed by atoms with Gasteiger partial charge in [-0.25, -0.2) is 8.78 Å². The van der Waals surface area contributed by atoms with Gasteiger partial charge in [-0.3, -0.25) is 4.98 Å². The molecule has 1 heterocycles. The van der Waals surface area contributed by atoms with Gasteiger partial charge in [0, 0.05) is 31.3 Å². The molecule has 1 atom stereocenters. The van der Waals surface area contributed by atoms with E-state index in [9.17, 15) is 8.78 Å². The van der Waals surface area contributed by atoms with Gasteiger partial charge in [-0.05, 0) is 49.4 Å². The molecule has 1 unspecified atom stereocenters. The van der Waals surface area contributed by atoms with Gasteiger partial charge in [0.1, 0.15) is 0 Å². The first kappa shape index (κ1) is 14.4. The van der Waals surface area contributed by atoms with Crippen LogP contribution in [-0.2, 0) is 6.42 Å². The van der Waals surface area contributed by atoms with Crippen LogP contribution in [0.2, 0.25) is 0 Å². The number of hydrogen-bond acceptors (Lipinski definition) is 2. The van der Waals surface area contributed by atoms with E-state index in [1.54, 1.807) is 12.4 Å². The van der Waals surface area contributed by atoms with Crippen LogP contribution >= 0.6 is 0 Å². The van der Waals surface area contributed by atoms with Crippen molar-refractivity contribution in [1.82, 2.24) is 10.3 Å². The zero-order chi connectivity index (χ0) is 13.7. The number of nitrogens with one attached hydrogen (secondary N) is 1. The van der Waals surface area contributed by atoms with Crippen LogP contribution in [0, 0.1) is 5.92 Å². The summed E-state index contributed by atoms with van der Waals surface area (Å²) in [6, 6.07) is 4.30. The number of aromatic nitrogens is 1. The number of halogens is 2. The molecule has 4 heteroatoms. The van der Waals surface area contributed by atoms with Crippen LogP contribution < -0.4 is 5.32 Å². The van der Waals surface area contributed by atoms with Crippen LogP contribution in [0.1, 0.15) is 38.2 Å². The average Bonchev–Trinajstić information content (AvgIpc) is 2.39. The number of hydrogen-bond donors (Lipinski definition) is 1. The molecule has 0 aliphatic heterocycles. The van der Waals surface area contributed by atoms with Gasteiger partial charge in [-0.15, -0.1) is 0 Å². The van der Waals surface area contributed by atoms with E-state index in [0.29, 0.717) is 24.8 Å². The molecule has 1 aliphatic rings. The third-order valence-electron chi connectivity index (χ3n) is 4.00. The number of rotatable bonds is 5. The molecule has 19 heavy (non-hydrogen) atoms. The fourth-order valence-corrected chi connectivity index (χ4v) is 2.91. The smallest absolute Gasteiger partial charge is 0.248 e. The van der Waals surface area contributed by atoms with Crippen molar-refractivity contribution in [3.63, 3.8) is 0 Å². The van der Waals surface area contributed by atoms with E-state index in [2.05, 4.69) is 17.2 Å². The minimum atomic E-state index is -2.44. The molecule has 1 aromatic heterocycles. The molecule has 1 aliphatic carbocycles. The predicted octanol–water partition coefficient (Wildman–Crippen LogP) is 3.43. The van der Waals surface area contributed by atoms with Crippen molar-refractivity contribution >= 4 is 0 Å². The quantitative estimate of drug-likeness (QED) is 0.885. The maximum atomic E-state index is 13.2. The third kappa shape index (κ3) is 4.23. The zero-order valence-electron chi connectivity index (χ0n) is 11.4. The Morgan fingerprint density at radius 2 is 1.95 bits per heavy atom. The van der Waals surface area contributed by atoms with Crippen LogP contribution in [0.25, 0.3) is 0 Å². The summed E-state index contributed by atoms with van der Waals surface area (Å²) in [6.45, 7) is 2.94. The summed E-state index contributed by atoms with van der Waals surface area (Å²) < 4.78 is 26.5. The molecule has 0 amide bonds. The molecule has 0 spiro atoms. The number of pyridine rings is 1. The first-order valence-corrected chi connectivity index (χ1v) is 7.11.